The molecule has 2 aromatic heterocycles. The second kappa shape index (κ2) is 6.99. The van der Waals surface area contributed by atoms with E-state index in [2.05, 4.69) is 25.8 Å². The first-order valence-corrected chi connectivity index (χ1v) is 10.9. The van der Waals surface area contributed by atoms with E-state index in [9.17, 15) is 9.18 Å². The number of hydrogen-bond donors (Lipinski definition) is 1. The highest BCUT2D eigenvalue weighted by Gasteiger charge is 2.71. The van der Waals surface area contributed by atoms with Crippen LogP contribution in [0.1, 0.15) is 55.8 Å². The van der Waals surface area contributed by atoms with Gasteiger partial charge in [0.25, 0.3) is 5.91 Å². The Morgan fingerprint density at radius 1 is 1.31 bits per heavy atom. The quantitative estimate of drug-likeness (QED) is 0.579. The lowest BCUT2D eigenvalue weighted by atomic mass is 9.39. The maximum Gasteiger partial charge on any atom is 0.258 e. The van der Waals surface area contributed by atoms with Gasteiger partial charge in [0, 0.05) is 23.7 Å². The average Bonchev–Trinajstić information content (AvgIpc) is 3.36. The van der Waals surface area contributed by atoms with Crippen molar-refractivity contribution in [1.29, 1.82) is 0 Å². The van der Waals surface area contributed by atoms with Gasteiger partial charge in [-0.25, -0.2) is 9.07 Å². The lowest BCUT2D eigenvalue weighted by Gasteiger charge is -2.68. The van der Waals surface area contributed by atoms with Crippen LogP contribution in [0.4, 0.5) is 4.39 Å². The molecule has 0 atom stereocenters. The van der Waals surface area contributed by atoms with Gasteiger partial charge in [-0.05, 0) is 44.2 Å². The van der Waals surface area contributed by atoms with Gasteiger partial charge in [0.2, 0.25) is 11.8 Å². The summed E-state index contributed by atoms with van der Waals surface area (Å²) in [7, 11) is 0. The van der Waals surface area contributed by atoms with E-state index in [0.717, 1.165) is 38.2 Å². The van der Waals surface area contributed by atoms with Crippen LogP contribution in [-0.4, -0.2) is 43.2 Å². The Morgan fingerprint density at radius 3 is 2.84 bits per heavy atom. The summed E-state index contributed by atoms with van der Waals surface area (Å²) in [4.78, 5) is 12.3. The molecule has 2 heterocycles. The van der Waals surface area contributed by atoms with Crippen molar-refractivity contribution in [3.63, 3.8) is 0 Å². The number of amides is 1. The van der Waals surface area contributed by atoms with Crippen molar-refractivity contribution < 1.29 is 18.3 Å². The predicted molar refractivity (Wildman–Crippen MR) is 109 cm³/mol. The van der Waals surface area contributed by atoms with Gasteiger partial charge in [-0.3, -0.25) is 4.79 Å². The Bertz CT molecular complexity index is 1160. The van der Waals surface area contributed by atoms with Crippen LogP contribution in [-0.2, 0) is 10.2 Å². The second-order valence-corrected chi connectivity index (χ2v) is 9.56. The summed E-state index contributed by atoms with van der Waals surface area (Å²) in [5, 5.41) is 19.5. The smallest absolute Gasteiger partial charge is 0.258 e. The van der Waals surface area contributed by atoms with E-state index in [1.807, 2.05) is 10.9 Å². The Labute approximate surface area is 187 Å². The van der Waals surface area contributed by atoms with Gasteiger partial charge in [0.05, 0.1) is 22.7 Å². The third-order valence-corrected chi connectivity index (χ3v) is 7.17. The molecule has 2 bridgehead atoms. The normalized spacial score (nSPS) is 30.1. The SMILES string of the molecule is O=C(COc1ccc(Cl)c(F)c1)NC12CC(c3nnc([C@H]4C[C@@H](n5ccnn5)C4)o3)(C1)C2. The van der Waals surface area contributed by atoms with Crippen LogP contribution in [0.5, 0.6) is 5.75 Å². The molecule has 7 rings (SSSR count). The molecule has 1 N–H and O–H groups in total. The summed E-state index contributed by atoms with van der Waals surface area (Å²) in [5.74, 6) is 1.04. The van der Waals surface area contributed by atoms with Gasteiger partial charge < -0.3 is 14.5 Å². The number of nitrogens with zero attached hydrogens (tertiary/aromatic N) is 5. The highest BCUT2D eigenvalue weighted by molar-refractivity contribution is 6.30. The summed E-state index contributed by atoms with van der Waals surface area (Å²) in [6.45, 7) is -0.185. The Balaban J connectivity index is 0.993. The van der Waals surface area contributed by atoms with Gasteiger partial charge in [0.15, 0.2) is 6.61 Å². The number of benzene rings is 1. The predicted octanol–water partition coefficient (Wildman–Crippen LogP) is 2.94. The maximum atomic E-state index is 13.5. The third-order valence-electron chi connectivity index (χ3n) is 6.87. The van der Waals surface area contributed by atoms with E-state index in [0.29, 0.717) is 17.8 Å². The van der Waals surface area contributed by atoms with Gasteiger partial charge in [-0.2, -0.15) is 0 Å². The molecule has 1 aromatic carbocycles. The van der Waals surface area contributed by atoms with Crippen LogP contribution in [0.3, 0.4) is 0 Å². The molecule has 4 aliphatic carbocycles. The molecule has 4 aliphatic rings. The molecular weight excluding hydrogens is 439 g/mol. The third kappa shape index (κ3) is 3.16. The number of halogens is 2. The average molecular weight is 459 g/mol. The Kier molecular flexibility index (Phi) is 4.30. The van der Waals surface area contributed by atoms with E-state index in [1.165, 1.54) is 12.1 Å². The van der Waals surface area contributed by atoms with Gasteiger partial charge in [-0.15, -0.1) is 15.3 Å². The number of carbonyl (C=O) groups excluding carboxylic acids is 1. The van der Waals surface area contributed by atoms with Crippen molar-refractivity contribution in [3.8, 4) is 5.75 Å². The lowest BCUT2D eigenvalue weighted by Crippen LogP contribution is -2.77. The Hall–Kier alpha value is -3.01. The van der Waals surface area contributed by atoms with Gasteiger partial charge >= 0.3 is 0 Å². The van der Waals surface area contributed by atoms with Gasteiger partial charge in [0.1, 0.15) is 11.6 Å². The van der Waals surface area contributed by atoms with Crippen molar-refractivity contribution in [2.24, 2.45) is 0 Å². The molecule has 0 aliphatic heterocycles. The summed E-state index contributed by atoms with van der Waals surface area (Å²) in [5.41, 5.74) is -0.372. The van der Waals surface area contributed by atoms with E-state index in [1.54, 1.807) is 6.20 Å². The highest BCUT2D eigenvalue weighted by Crippen LogP contribution is 2.67. The fourth-order valence-corrected chi connectivity index (χ4v) is 5.34. The zero-order chi connectivity index (χ0) is 21.9. The summed E-state index contributed by atoms with van der Waals surface area (Å²) >= 11 is 5.65. The van der Waals surface area contributed by atoms with Crippen LogP contribution in [0.2, 0.25) is 5.02 Å². The second-order valence-electron chi connectivity index (χ2n) is 9.15. The largest absolute Gasteiger partial charge is 0.484 e. The van der Waals surface area contributed by atoms with E-state index >= 15 is 0 Å². The Morgan fingerprint density at radius 2 is 2.12 bits per heavy atom. The minimum Gasteiger partial charge on any atom is -0.484 e. The van der Waals surface area contributed by atoms with Crippen molar-refractivity contribution >= 4 is 17.5 Å². The number of nitrogens with one attached hydrogen (secondary N) is 1. The topological polar surface area (TPSA) is 108 Å². The van der Waals surface area contributed by atoms with Crippen molar-refractivity contribution in [2.45, 2.75) is 55.0 Å². The van der Waals surface area contributed by atoms with Gasteiger partial charge in [-0.1, -0.05) is 16.8 Å². The molecule has 4 saturated carbocycles. The first-order valence-electron chi connectivity index (χ1n) is 10.5. The molecule has 0 spiro atoms. The summed E-state index contributed by atoms with van der Waals surface area (Å²) in [6.07, 6.45) is 7.69. The van der Waals surface area contributed by atoms with Crippen LogP contribution < -0.4 is 10.1 Å². The monoisotopic (exact) mass is 458 g/mol. The lowest BCUT2D eigenvalue weighted by molar-refractivity contribution is -0.143. The number of aromatic nitrogens is 5. The number of hydrogen-bond acceptors (Lipinski definition) is 7. The molecule has 1 amide bonds. The van der Waals surface area contributed by atoms with Crippen LogP contribution in [0, 0.1) is 5.82 Å². The highest BCUT2D eigenvalue weighted by atomic mass is 35.5. The van der Waals surface area contributed by atoms with E-state index in [-0.39, 0.29) is 40.2 Å². The first-order chi connectivity index (χ1) is 15.4. The zero-order valence-electron chi connectivity index (χ0n) is 17.0. The molecule has 32 heavy (non-hydrogen) atoms. The molecule has 0 radical (unpaired) electrons. The van der Waals surface area contributed by atoms with E-state index < -0.39 is 5.82 Å². The summed E-state index contributed by atoms with van der Waals surface area (Å²) in [6, 6.07) is 4.41. The van der Waals surface area contributed by atoms with Crippen molar-refractivity contribution in [2.75, 3.05) is 6.61 Å². The van der Waals surface area contributed by atoms with E-state index in [4.69, 9.17) is 20.8 Å². The maximum absolute atomic E-state index is 13.5. The molecule has 0 unspecified atom stereocenters. The minimum absolute atomic E-state index is 0.0116. The first kappa shape index (κ1) is 19.7. The number of rotatable bonds is 7. The zero-order valence-corrected chi connectivity index (χ0v) is 17.8. The molecule has 0 saturated heterocycles. The fraction of sp³-hybridized carbons (Fsp3) is 0.476. The molecule has 4 fully saturated rings. The minimum atomic E-state index is -0.583. The molecule has 11 heteroatoms. The fourth-order valence-electron chi connectivity index (χ4n) is 5.23. The molecule has 3 aromatic rings. The van der Waals surface area contributed by atoms with Crippen LogP contribution in [0.15, 0.2) is 35.0 Å². The number of carbonyl (C=O) groups is 1. The molecule has 166 valence electrons. The molecular formula is C21H20ClFN6O3. The van der Waals surface area contributed by atoms with Crippen molar-refractivity contribution in [3.05, 3.63) is 53.2 Å². The summed E-state index contributed by atoms with van der Waals surface area (Å²) < 4.78 is 26.7. The number of ether oxygens (including phenoxy) is 1. The van der Waals surface area contributed by atoms with Crippen molar-refractivity contribution in [1.82, 2.24) is 30.5 Å². The van der Waals surface area contributed by atoms with Crippen LogP contribution >= 0.6 is 11.6 Å². The standard InChI is InChI=1S/C21H20ClFN6O3/c22-15-2-1-14(7-16(15)23)31-8-17(30)25-21-9-20(10-21,11-21)19-27-26-18(32-19)12-5-13(6-12)29-4-3-24-28-29/h1-4,7,12-13H,5-6,8-11H2,(H,25,30)/t12-,13+,20?,21?. The van der Waals surface area contributed by atoms with Crippen LogP contribution in [0.25, 0.3) is 0 Å². The molecule has 9 nitrogen and oxygen atoms in total.